The highest BCUT2D eigenvalue weighted by Crippen LogP contribution is 2.31. The summed E-state index contributed by atoms with van der Waals surface area (Å²) in [4.78, 5) is 3.91. The molecule has 0 amide bonds. The van der Waals surface area contributed by atoms with E-state index in [4.69, 9.17) is 4.52 Å². The first kappa shape index (κ1) is 18.7. The summed E-state index contributed by atoms with van der Waals surface area (Å²) >= 11 is 0. The van der Waals surface area contributed by atoms with Gasteiger partial charge < -0.3 is 4.52 Å². The van der Waals surface area contributed by atoms with Crippen LogP contribution in [0.5, 0.6) is 0 Å². The van der Waals surface area contributed by atoms with Crippen molar-refractivity contribution in [3.63, 3.8) is 0 Å². The molecule has 1 aliphatic heterocycles. The Bertz CT molecular complexity index is 1080. The summed E-state index contributed by atoms with van der Waals surface area (Å²) < 4.78 is 58.9. The first-order chi connectivity index (χ1) is 13.4. The van der Waals surface area contributed by atoms with Gasteiger partial charge in [0.05, 0.1) is 0 Å². The molecule has 1 aliphatic rings. The Kier molecular flexibility index (Phi) is 4.94. The number of piperidine rings is 1. The van der Waals surface area contributed by atoms with E-state index in [0.29, 0.717) is 30.6 Å². The second-order valence-corrected chi connectivity index (χ2v) is 8.48. The zero-order valence-electron chi connectivity index (χ0n) is 14.8. The Labute approximate surface area is 160 Å². The fourth-order valence-corrected chi connectivity index (χ4v) is 4.79. The number of benzene rings is 2. The van der Waals surface area contributed by atoms with Gasteiger partial charge in [0.25, 0.3) is 5.89 Å². The molecule has 6 nitrogen and oxygen atoms in total. The second-order valence-electron chi connectivity index (χ2n) is 6.58. The van der Waals surface area contributed by atoms with Crippen LogP contribution in [0.15, 0.2) is 57.9 Å². The SMILES string of the molecule is O=S(=O)(c1ccc(F)cc1F)N1CCC(c2noc(-c3ccccc3)n2)CC1. The molecule has 0 spiro atoms. The lowest BCUT2D eigenvalue weighted by Crippen LogP contribution is -2.38. The van der Waals surface area contributed by atoms with Crippen LogP contribution < -0.4 is 0 Å². The number of hydrogen-bond donors (Lipinski definition) is 0. The quantitative estimate of drug-likeness (QED) is 0.663. The normalized spacial score (nSPS) is 16.4. The number of halogens is 2. The summed E-state index contributed by atoms with van der Waals surface area (Å²) in [6, 6.07) is 11.8. The zero-order valence-corrected chi connectivity index (χ0v) is 15.6. The molecule has 0 atom stereocenters. The molecular weight excluding hydrogens is 388 g/mol. The molecule has 3 aromatic rings. The van der Waals surface area contributed by atoms with E-state index in [0.717, 1.165) is 17.7 Å². The van der Waals surface area contributed by atoms with Crippen molar-refractivity contribution in [2.24, 2.45) is 0 Å². The maximum Gasteiger partial charge on any atom is 0.257 e. The highest BCUT2D eigenvalue weighted by molar-refractivity contribution is 7.89. The molecule has 9 heteroatoms. The van der Waals surface area contributed by atoms with Crippen molar-refractivity contribution in [2.75, 3.05) is 13.1 Å². The summed E-state index contributed by atoms with van der Waals surface area (Å²) in [6.45, 7) is 0.387. The van der Waals surface area contributed by atoms with Crippen LogP contribution >= 0.6 is 0 Å². The zero-order chi connectivity index (χ0) is 19.7. The molecule has 146 valence electrons. The number of sulfonamides is 1. The average molecular weight is 405 g/mol. The molecule has 0 bridgehead atoms. The van der Waals surface area contributed by atoms with Gasteiger partial charge in [-0.2, -0.15) is 9.29 Å². The fraction of sp³-hybridized carbons (Fsp3) is 0.263. The minimum absolute atomic E-state index is 0.0503. The van der Waals surface area contributed by atoms with Crippen LogP contribution in [0.2, 0.25) is 0 Å². The number of aromatic nitrogens is 2. The monoisotopic (exact) mass is 405 g/mol. The van der Waals surface area contributed by atoms with E-state index in [2.05, 4.69) is 10.1 Å². The summed E-state index contributed by atoms with van der Waals surface area (Å²) in [5.41, 5.74) is 0.813. The minimum Gasteiger partial charge on any atom is -0.334 e. The Morgan fingerprint density at radius 2 is 1.75 bits per heavy atom. The van der Waals surface area contributed by atoms with Gasteiger partial charge in [-0.1, -0.05) is 23.4 Å². The lowest BCUT2D eigenvalue weighted by atomic mass is 9.97. The largest absolute Gasteiger partial charge is 0.334 e. The van der Waals surface area contributed by atoms with Gasteiger partial charge in [0.15, 0.2) is 5.82 Å². The topological polar surface area (TPSA) is 76.3 Å². The van der Waals surface area contributed by atoms with Gasteiger partial charge in [0.2, 0.25) is 10.0 Å². The molecule has 2 aromatic carbocycles. The lowest BCUT2D eigenvalue weighted by Gasteiger charge is -2.29. The predicted octanol–water partition coefficient (Wildman–Crippen LogP) is 3.58. The third-order valence-corrected chi connectivity index (χ3v) is 6.73. The summed E-state index contributed by atoms with van der Waals surface area (Å²) in [7, 11) is -4.03. The van der Waals surface area contributed by atoms with Gasteiger partial charge in [-0.3, -0.25) is 0 Å². The maximum absolute atomic E-state index is 13.9. The molecule has 0 aliphatic carbocycles. The van der Waals surface area contributed by atoms with Crippen LogP contribution in [0, 0.1) is 11.6 Å². The van der Waals surface area contributed by atoms with Crippen molar-refractivity contribution in [2.45, 2.75) is 23.7 Å². The molecule has 4 rings (SSSR count). The molecule has 2 heterocycles. The minimum atomic E-state index is -4.03. The summed E-state index contributed by atoms with van der Waals surface area (Å²) in [5, 5.41) is 4.03. The van der Waals surface area contributed by atoms with Gasteiger partial charge in [-0.15, -0.1) is 0 Å². The first-order valence-electron chi connectivity index (χ1n) is 8.79. The van der Waals surface area contributed by atoms with Crippen LogP contribution in [-0.2, 0) is 10.0 Å². The Hall–Kier alpha value is -2.65. The number of rotatable bonds is 4. The van der Waals surface area contributed by atoms with Crippen molar-refractivity contribution in [3.8, 4) is 11.5 Å². The Morgan fingerprint density at radius 3 is 2.43 bits per heavy atom. The molecule has 1 aromatic heterocycles. The lowest BCUT2D eigenvalue weighted by molar-refractivity contribution is 0.306. The Morgan fingerprint density at radius 1 is 1.04 bits per heavy atom. The van der Waals surface area contributed by atoms with E-state index in [-0.39, 0.29) is 19.0 Å². The third-order valence-electron chi connectivity index (χ3n) is 4.79. The highest BCUT2D eigenvalue weighted by atomic mass is 32.2. The molecular formula is C19H17F2N3O3S. The molecule has 0 N–H and O–H groups in total. The second kappa shape index (κ2) is 7.40. The third kappa shape index (κ3) is 3.55. The van der Waals surface area contributed by atoms with E-state index >= 15 is 0 Å². The smallest absolute Gasteiger partial charge is 0.257 e. The van der Waals surface area contributed by atoms with Crippen LogP contribution in [-0.4, -0.2) is 36.0 Å². The summed E-state index contributed by atoms with van der Waals surface area (Å²) in [5.74, 6) is -1.01. The summed E-state index contributed by atoms with van der Waals surface area (Å²) in [6.07, 6.45) is 0.964. The van der Waals surface area contributed by atoms with E-state index in [1.807, 2.05) is 30.3 Å². The molecule has 1 fully saturated rings. The van der Waals surface area contributed by atoms with Crippen LogP contribution in [0.3, 0.4) is 0 Å². The van der Waals surface area contributed by atoms with Gasteiger partial charge in [0, 0.05) is 30.6 Å². The van der Waals surface area contributed by atoms with Crippen molar-refractivity contribution in [1.29, 1.82) is 0 Å². The number of nitrogens with zero attached hydrogens (tertiary/aromatic N) is 3. The van der Waals surface area contributed by atoms with E-state index in [1.54, 1.807) is 0 Å². The molecule has 0 unspecified atom stereocenters. The predicted molar refractivity (Wildman–Crippen MR) is 96.8 cm³/mol. The van der Waals surface area contributed by atoms with E-state index in [9.17, 15) is 17.2 Å². The van der Waals surface area contributed by atoms with Crippen molar-refractivity contribution >= 4 is 10.0 Å². The highest BCUT2D eigenvalue weighted by Gasteiger charge is 2.33. The first-order valence-corrected chi connectivity index (χ1v) is 10.2. The van der Waals surface area contributed by atoms with Gasteiger partial charge >= 0.3 is 0 Å². The van der Waals surface area contributed by atoms with E-state index < -0.39 is 26.6 Å². The average Bonchev–Trinajstić information content (AvgIpc) is 3.19. The van der Waals surface area contributed by atoms with Crippen molar-refractivity contribution in [3.05, 3.63) is 66.0 Å². The van der Waals surface area contributed by atoms with E-state index in [1.165, 1.54) is 4.31 Å². The molecule has 0 saturated carbocycles. The Balaban J connectivity index is 1.47. The fourth-order valence-electron chi connectivity index (χ4n) is 3.28. The van der Waals surface area contributed by atoms with Crippen molar-refractivity contribution < 1.29 is 21.7 Å². The van der Waals surface area contributed by atoms with Gasteiger partial charge in [0.1, 0.15) is 16.5 Å². The molecule has 1 saturated heterocycles. The van der Waals surface area contributed by atoms with Gasteiger partial charge in [-0.05, 0) is 37.1 Å². The maximum atomic E-state index is 13.9. The molecule has 28 heavy (non-hydrogen) atoms. The van der Waals surface area contributed by atoms with Gasteiger partial charge in [-0.25, -0.2) is 17.2 Å². The van der Waals surface area contributed by atoms with Crippen LogP contribution in [0.4, 0.5) is 8.78 Å². The van der Waals surface area contributed by atoms with Crippen LogP contribution in [0.25, 0.3) is 11.5 Å². The van der Waals surface area contributed by atoms with Crippen molar-refractivity contribution in [1.82, 2.24) is 14.4 Å². The molecule has 0 radical (unpaired) electrons. The standard InChI is InChI=1S/C19H17F2N3O3S/c20-15-6-7-17(16(21)12-15)28(25,26)24-10-8-13(9-11-24)18-22-19(27-23-18)14-4-2-1-3-5-14/h1-7,12-13H,8-11H2. The number of hydrogen-bond acceptors (Lipinski definition) is 5. The van der Waals surface area contributed by atoms with Crippen LogP contribution in [0.1, 0.15) is 24.6 Å².